The Bertz CT molecular complexity index is 537. The van der Waals surface area contributed by atoms with Crippen molar-refractivity contribution in [2.75, 3.05) is 11.5 Å². The maximum Gasteiger partial charge on any atom is 0.182 e. The van der Waals surface area contributed by atoms with Gasteiger partial charge in [-0.25, -0.2) is 9.97 Å². The number of nitrogens with one attached hydrogen (secondary N) is 1. The fourth-order valence-corrected chi connectivity index (χ4v) is 2.85. The molecule has 0 saturated carbocycles. The number of H-pyrrole nitrogens is 1. The van der Waals surface area contributed by atoms with Crippen LogP contribution < -0.4 is 11.5 Å². The van der Waals surface area contributed by atoms with Gasteiger partial charge in [-0.05, 0) is 0 Å². The number of nitrogen functional groups attached to an aromatic ring is 2. The number of nitrogens with two attached hydrogens (primary N) is 2. The van der Waals surface area contributed by atoms with Crippen molar-refractivity contribution in [1.29, 1.82) is 0 Å². The van der Waals surface area contributed by atoms with E-state index in [0.29, 0.717) is 10.3 Å². The maximum absolute atomic E-state index is 5.57. The van der Waals surface area contributed by atoms with Crippen LogP contribution in [-0.2, 0) is 0 Å². The molecular formula is C6H5N5S2. The van der Waals surface area contributed by atoms with Crippen molar-refractivity contribution in [3.8, 4) is 0 Å². The largest absolute Gasteiger partial charge is 0.375 e. The van der Waals surface area contributed by atoms with E-state index in [1.807, 2.05) is 0 Å². The fourth-order valence-electron chi connectivity index (χ4n) is 1.26. The first-order valence-electron chi connectivity index (χ1n) is 3.54. The van der Waals surface area contributed by atoms with Gasteiger partial charge in [-0.1, -0.05) is 22.7 Å². The molecule has 0 unspecified atom stereocenters. The average molecular weight is 211 g/mol. The highest BCUT2D eigenvalue weighted by atomic mass is 32.1. The summed E-state index contributed by atoms with van der Waals surface area (Å²) < 4.78 is 0.987. The summed E-state index contributed by atoms with van der Waals surface area (Å²) in [4.78, 5) is 12.4. The van der Waals surface area contributed by atoms with Gasteiger partial charge >= 0.3 is 0 Å². The molecule has 0 aliphatic carbocycles. The number of hydrogen-bond donors (Lipinski definition) is 3. The molecule has 3 aromatic rings. The second-order valence-corrected chi connectivity index (χ2v) is 4.65. The summed E-state index contributed by atoms with van der Waals surface area (Å²) in [5, 5.41) is 1.12. The van der Waals surface area contributed by atoms with Gasteiger partial charge in [-0.15, -0.1) is 0 Å². The lowest BCUT2D eigenvalue weighted by Crippen LogP contribution is -1.79. The van der Waals surface area contributed by atoms with Crippen molar-refractivity contribution in [3.05, 3.63) is 0 Å². The van der Waals surface area contributed by atoms with Crippen LogP contribution >= 0.6 is 22.7 Å². The van der Waals surface area contributed by atoms with Gasteiger partial charge in [0.25, 0.3) is 0 Å². The molecule has 0 aliphatic heterocycles. The lowest BCUT2D eigenvalue weighted by Gasteiger charge is -1.75. The van der Waals surface area contributed by atoms with E-state index < -0.39 is 0 Å². The summed E-state index contributed by atoms with van der Waals surface area (Å²) in [6.07, 6.45) is 0. The summed E-state index contributed by atoms with van der Waals surface area (Å²) in [5.41, 5.74) is 12.8. The van der Waals surface area contributed by atoms with Gasteiger partial charge in [0.15, 0.2) is 15.9 Å². The lowest BCUT2D eigenvalue weighted by atomic mass is 10.6. The third-order valence-corrected chi connectivity index (χ3v) is 3.43. The molecule has 13 heavy (non-hydrogen) atoms. The van der Waals surface area contributed by atoms with Gasteiger partial charge < -0.3 is 16.5 Å². The van der Waals surface area contributed by atoms with E-state index in [1.54, 1.807) is 0 Å². The number of aromatic nitrogens is 3. The molecule has 66 valence electrons. The van der Waals surface area contributed by atoms with Crippen LogP contribution in [0.2, 0.25) is 0 Å². The number of anilines is 2. The van der Waals surface area contributed by atoms with Crippen LogP contribution in [-0.4, -0.2) is 15.0 Å². The van der Waals surface area contributed by atoms with Crippen molar-refractivity contribution in [3.63, 3.8) is 0 Å². The summed E-state index contributed by atoms with van der Waals surface area (Å²) in [5.74, 6) is 0. The van der Waals surface area contributed by atoms with Crippen LogP contribution in [0.15, 0.2) is 0 Å². The minimum Gasteiger partial charge on any atom is -0.375 e. The Morgan fingerprint density at radius 2 is 1.85 bits per heavy atom. The van der Waals surface area contributed by atoms with E-state index in [2.05, 4.69) is 15.0 Å². The number of rotatable bonds is 0. The van der Waals surface area contributed by atoms with E-state index >= 15 is 0 Å². The van der Waals surface area contributed by atoms with Crippen molar-refractivity contribution in [2.24, 2.45) is 0 Å². The number of fused-ring (bicyclic) bond motifs is 3. The van der Waals surface area contributed by atoms with E-state index in [9.17, 15) is 0 Å². The van der Waals surface area contributed by atoms with Crippen LogP contribution in [0.5, 0.6) is 0 Å². The molecule has 0 radical (unpaired) electrons. The van der Waals surface area contributed by atoms with Crippen LogP contribution in [0.4, 0.5) is 10.3 Å². The summed E-state index contributed by atoms with van der Waals surface area (Å²) >= 11 is 2.85. The van der Waals surface area contributed by atoms with Gasteiger partial charge in [0.05, 0.1) is 0 Å². The second-order valence-electron chi connectivity index (χ2n) is 2.58. The molecule has 3 rings (SSSR count). The summed E-state index contributed by atoms with van der Waals surface area (Å²) in [6.45, 7) is 0. The third kappa shape index (κ3) is 0.850. The molecule has 0 aliphatic rings. The Morgan fingerprint density at radius 3 is 2.69 bits per heavy atom. The zero-order valence-electron chi connectivity index (χ0n) is 6.37. The first kappa shape index (κ1) is 7.10. The Morgan fingerprint density at radius 1 is 1.08 bits per heavy atom. The van der Waals surface area contributed by atoms with Gasteiger partial charge in [-0.2, -0.15) is 0 Å². The van der Waals surface area contributed by atoms with Crippen molar-refractivity contribution >= 4 is 53.6 Å². The molecule has 0 atom stereocenters. The molecule has 0 aromatic carbocycles. The molecule has 0 fully saturated rings. The Balaban J connectivity index is 2.56. The Kier molecular flexibility index (Phi) is 1.16. The highest BCUT2D eigenvalue weighted by molar-refractivity contribution is 7.25. The Hall–Kier alpha value is -1.34. The first-order valence-corrected chi connectivity index (χ1v) is 5.17. The number of nitrogens with zero attached hydrogens (tertiary/aromatic N) is 2. The minimum atomic E-state index is 0.551. The summed E-state index contributed by atoms with van der Waals surface area (Å²) in [6, 6.07) is 0. The molecule has 0 spiro atoms. The van der Waals surface area contributed by atoms with Gasteiger partial charge in [-0.3, -0.25) is 0 Å². The number of hydrogen-bond acceptors (Lipinski definition) is 6. The molecular weight excluding hydrogens is 206 g/mol. The van der Waals surface area contributed by atoms with Gasteiger partial charge in [0.2, 0.25) is 0 Å². The highest BCUT2D eigenvalue weighted by Crippen LogP contribution is 2.34. The minimum absolute atomic E-state index is 0.551. The van der Waals surface area contributed by atoms with Crippen LogP contribution in [0.3, 0.4) is 0 Å². The average Bonchev–Trinajstić information content (AvgIpc) is 2.60. The van der Waals surface area contributed by atoms with E-state index in [1.165, 1.54) is 22.7 Å². The standard InChI is InChI=1S/C6H5N5S2/c7-5-9-1-2-3(10-4(1)13-5)11-6(8)12-2/h10H,(H2,7,9)(H2,8,11). The monoisotopic (exact) mass is 211 g/mol. The van der Waals surface area contributed by atoms with Crippen molar-refractivity contribution in [1.82, 2.24) is 15.0 Å². The third-order valence-electron chi connectivity index (χ3n) is 1.73. The van der Waals surface area contributed by atoms with Gasteiger partial charge in [0, 0.05) is 0 Å². The quantitative estimate of drug-likeness (QED) is 0.524. The highest BCUT2D eigenvalue weighted by Gasteiger charge is 2.12. The van der Waals surface area contributed by atoms with Crippen LogP contribution in [0.25, 0.3) is 20.7 Å². The zero-order valence-corrected chi connectivity index (χ0v) is 8.00. The molecule has 0 saturated heterocycles. The number of thiazole rings is 2. The number of aromatic amines is 1. The fraction of sp³-hybridized carbons (Fsp3) is 0. The molecule has 0 bridgehead atoms. The molecule has 5 nitrogen and oxygen atoms in total. The van der Waals surface area contributed by atoms with E-state index in [0.717, 1.165) is 20.7 Å². The molecule has 0 amide bonds. The Labute approximate surface area is 80.4 Å². The van der Waals surface area contributed by atoms with Crippen molar-refractivity contribution in [2.45, 2.75) is 0 Å². The molecule has 7 heteroatoms. The SMILES string of the molecule is Nc1nc2c([nH]c3nc(N)sc32)s1. The smallest absolute Gasteiger partial charge is 0.182 e. The second kappa shape index (κ2) is 2.12. The zero-order chi connectivity index (χ0) is 9.00. The van der Waals surface area contributed by atoms with Crippen LogP contribution in [0, 0.1) is 0 Å². The maximum atomic E-state index is 5.57. The normalized spacial score (nSPS) is 11.7. The van der Waals surface area contributed by atoms with Crippen molar-refractivity contribution < 1.29 is 0 Å². The molecule has 3 aromatic heterocycles. The molecule has 5 N–H and O–H groups in total. The van der Waals surface area contributed by atoms with E-state index in [4.69, 9.17) is 11.5 Å². The topological polar surface area (TPSA) is 93.6 Å². The van der Waals surface area contributed by atoms with E-state index in [-0.39, 0.29) is 0 Å². The van der Waals surface area contributed by atoms with Gasteiger partial charge in [0.1, 0.15) is 15.0 Å². The summed E-state index contributed by atoms with van der Waals surface area (Å²) in [7, 11) is 0. The lowest BCUT2D eigenvalue weighted by molar-refractivity contribution is 1.41. The predicted molar refractivity (Wildman–Crippen MR) is 56.0 cm³/mol. The van der Waals surface area contributed by atoms with Crippen LogP contribution in [0.1, 0.15) is 0 Å². The molecule has 3 heterocycles. The predicted octanol–water partition coefficient (Wildman–Crippen LogP) is 1.40. The first-order chi connectivity index (χ1) is 6.24.